The van der Waals surface area contributed by atoms with E-state index in [1.54, 1.807) is 11.9 Å². The zero-order valence-corrected chi connectivity index (χ0v) is 19.2. The van der Waals surface area contributed by atoms with Gasteiger partial charge in [-0.25, -0.2) is 0 Å². The first-order chi connectivity index (χ1) is 13.1. The second-order valence-corrected chi connectivity index (χ2v) is 6.68. The fourth-order valence-electron chi connectivity index (χ4n) is 2.79. The number of carbonyl (C=O) groups is 1. The number of rotatable bonds is 8. The summed E-state index contributed by atoms with van der Waals surface area (Å²) in [6, 6.07) is 20.4. The quantitative estimate of drug-likeness (QED) is 0.335. The number of hydrogen-bond donors (Lipinski definition) is 2. The summed E-state index contributed by atoms with van der Waals surface area (Å²) in [6.07, 6.45) is 0.429. The summed E-state index contributed by atoms with van der Waals surface area (Å²) < 4.78 is 0. The van der Waals surface area contributed by atoms with Gasteiger partial charge in [0.2, 0.25) is 5.91 Å². The maximum atomic E-state index is 12.3. The summed E-state index contributed by atoms with van der Waals surface area (Å²) in [6.45, 7) is 4.14. The fraction of sp³-hybridized carbons (Fsp3) is 0.364. The van der Waals surface area contributed by atoms with Gasteiger partial charge in [0, 0.05) is 40.2 Å². The van der Waals surface area contributed by atoms with E-state index in [1.807, 2.05) is 43.4 Å². The lowest BCUT2D eigenvalue weighted by molar-refractivity contribution is -0.130. The normalized spacial score (nSPS) is 11.9. The Labute approximate surface area is 185 Å². The van der Waals surface area contributed by atoms with Gasteiger partial charge in [0.1, 0.15) is 0 Å². The predicted octanol–water partition coefficient (Wildman–Crippen LogP) is 3.62. The second kappa shape index (κ2) is 13.1. The molecule has 2 aromatic rings. The van der Waals surface area contributed by atoms with E-state index in [-0.39, 0.29) is 29.9 Å². The molecule has 1 atom stereocenters. The molecule has 0 saturated heterocycles. The SMILES string of the molecule is CN=C(NCCC(=O)N(C)Cc1ccccc1)NCC(C)c1ccccc1.I. The number of hydrogen-bond acceptors (Lipinski definition) is 2. The Hall–Kier alpha value is -2.09. The van der Waals surface area contributed by atoms with Gasteiger partial charge >= 0.3 is 0 Å². The summed E-state index contributed by atoms with van der Waals surface area (Å²) >= 11 is 0. The van der Waals surface area contributed by atoms with Gasteiger partial charge in [-0.1, -0.05) is 67.6 Å². The molecule has 1 amide bonds. The Morgan fingerprint density at radius 2 is 1.64 bits per heavy atom. The Kier molecular flexibility index (Phi) is 11.2. The van der Waals surface area contributed by atoms with Crippen molar-refractivity contribution in [1.29, 1.82) is 0 Å². The van der Waals surface area contributed by atoms with E-state index in [1.165, 1.54) is 5.56 Å². The molecule has 0 saturated carbocycles. The smallest absolute Gasteiger partial charge is 0.224 e. The Morgan fingerprint density at radius 1 is 1.04 bits per heavy atom. The molecule has 0 heterocycles. The van der Waals surface area contributed by atoms with Crippen LogP contribution in [0.2, 0.25) is 0 Å². The second-order valence-electron chi connectivity index (χ2n) is 6.68. The van der Waals surface area contributed by atoms with E-state index in [9.17, 15) is 4.79 Å². The molecule has 0 spiro atoms. The first-order valence-corrected chi connectivity index (χ1v) is 9.37. The van der Waals surface area contributed by atoms with Crippen molar-refractivity contribution in [3.63, 3.8) is 0 Å². The van der Waals surface area contributed by atoms with Crippen LogP contribution in [0.5, 0.6) is 0 Å². The van der Waals surface area contributed by atoms with Crippen LogP contribution in [0, 0.1) is 0 Å². The van der Waals surface area contributed by atoms with Crippen molar-refractivity contribution in [2.24, 2.45) is 4.99 Å². The van der Waals surface area contributed by atoms with Crippen LogP contribution in [0.1, 0.15) is 30.4 Å². The number of halogens is 1. The third-order valence-electron chi connectivity index (χ3n) is 4.49. The molecular formula is C22H31IN4O. The molecule has 0 aliphatic rings. The van der Waals surface area contributed by atoms with Gasteiger partial charge in [0.25, 0.3) is 0 Å². The lowest BCUT2D eigenvalue weighted by Gasteiger charge is -2.19. The van der Waals surface area contributed by atoms with Crippen LogP contribution in [0.15, 0.2) is 65.7 Å². The molecule has 28 heavy (non-hydrogen) atoms. The minimum atomic E-state index is 0. The highest BCUT2D eigenvalue weighted by Gasteiger charge is 2.10. The number of nitrogens with one attached hydrogen (secondary N) is 2. The van der Waals surface area contributed by atoms with E-state index >= 15 is 0 Å². The van der Waals surface area contributed by atoms with Crippen LogP contribution in [0.4, 0.5) is 0 Å². The molecule has 0 radical (unpaired) electrons. The maximum Gasteiger partial charge on any atom is 0.224 e. The summed E-state index contributed by atoms with van der Waals surface area (Å²) in [5.74, 6) is 1.21. The summed E-state index contributed by atoms with van der Waals surface area (Å²) in [4.78, 5) is 18.3. The Morgan fingerprint density at radius 3 is 2.25 bits per heavy atom. The number of amides is 1. The molecule has 2 N–H and O–H groups in total. The molecule has 2 aromatic carbocycles. The topological polar surface area (TPSA) is 56.7 Å². The van der Waals surface area contributed by atoms with Crippen LogP contribution in [0.25, 0.3) is 0 Å². The highest BCUT2D eigenvalue weighted by molar-refractivity contribution is 14.0. The van der Waals surface area contributed by atoms with Crippen LogP contribution < -0.4 is 10.6 Å². The lowest BCUT2D eigenvalue weighted by Crippen LogP contribution is -2.40. The molecule has 1 unspecified atom stereocenters. The number of nitrogens with zero attached hydrogens (tertiary/aromatic N) is 2. The molecule has 0 aromatic heterocycles. The van der Waals surface area contributed by atoms with Gasteiger partial charge < -0.3 is 15.5 Å². The minimum absolute atomic E-state index is 0. The van der Waals surface area contributed by atoms with Crippen molar-refractivity contribution in [3.05, 3.63) is 71.8 Å². The average Bonchev–Trinajstić information content (AvgIpc) is 2.71. The number of guanidine groups is 1. The molecule has 152 valence electrons. The number of aliphatic imine (C=N–C) groups is 1. The van der Waals surface area contributed by atoms with Crippen LogP contribution in [0.3, 0.4) is 0 Å². The van der Waals surface area contributed by atoms with E-state index in [0.717, 1.165) is 18.1 Å². The van der Waals surface area contributed by atoms with Crippen molar-refractivity contribution in [2.45, 2.75) is 25.8 Å². The third kappa shape index (κ3) is 8.29. The first kappa shape index (κ1) is 23.9. The van der Waals surface area contributed by atoms with Gasteiger partial charge in [-0.15, -0.1) is 24.0 Å². The van der Waals surface area contributed by atoms with Crippen molar-refractivity contribution in [1.82, 2.24) is 15.5 Å². The van der Waals surface area contributed by atoms with E-state index in [0.29, 0.717) is 25.4 Å². The molecular weight excluding hydrogens is 463 g/mol. The lowest BCUT2D eigenvalue weighted by atomic mass is 10.0. The fourth-order valence-corrected chi connectivity index (χ4v) is 2.79. The Balaban J connectivity index is 0.00000392. The molecule has 2 rings (SSSR count). The average molecular weight is 494 g/mol. The molecule has 0 bridgehead atoms. The number of carbonyl (C=O) groups excluding carboxylic acids is 1. The van der Waals surface area contributed by atoms with Crippen LogP contribution in [-0.2, 0) is 11.3 Å². The zero-order chi connectivity index (χ0) is 19.5. The van der Waals surface area contributed by atoms with E-state index < -0.39 is 0 Å². The highest BCUT2D eigenvalue weighted by atomic mass is 127. The van der Waals surface area contributed by atoms with Crippen molar-refractivity contribution in [2.75, 3.05) is 27.2 Å². The standard InChI is InChI=1S/C22H30N4O.HI/c1-18(20-12-8-5-9-13-20)16-25-22(23-2)24-15-14-21(27)26(3)17-19-10-6-4-7-11-19;/h4-13,18H,14-17H2,1-3H3,(H2,23,24,25);1H. The molecule has 0 fully saturated rings. The maximum absolute atomic E-state index is 12.3. The summed E-state index contributed by atoms with van der Waals surface area (Å²) in [5, 5.41) is 6.54. The van der Waals surface area contributed by atoms with Crippen LogP contribution >= 0.6 is 24.0 Å². The van der Waals surface area contributed by atoms with Gasteiger partial charge in [0.15, 0.2) is 5.96 Å². The first-order valence-electron chi connectivity index (χ1n) is 9.37. The molecule has 6 heteroatoms. The Bertz CT molecular complexity index is 722. The molecule has 0 aliphatic heterocycles. The van der Waals surface area contributed by atoms with Gasteiger partial charge in [0.05, 0.1) is 0 Å². The molecule has 0 aliphatic carbocycles. The largest absolute Gasteiger partial charge is 0.356 e. The van der Waals surface area contributed by atoms with Gasteiger partial charge in [-0.2, -0.15) is 0 Å². The van der Waals surface area contributed by atoms with Gasteiger partial charge in [-0.3, -0.25) is 9.79 Å². The van der Waals surface area contributed by atoms with E-state index in [4.69, 9.17) is 0 Å². The van der Waals surface area contributed by atoms with E-state index in [2.05, 4.69) is 46.8 Å². The number of benzene rings is 2. The monoisotopic (exact) mass is 494 g/mol. The minimum Gasteiger partial charge on any atom is -0.356 e. The zero-order valence-electron chi connectivity index (χ0n) is 16.9. The predicted molar refractivity (Wildman–Crippen MR) is 127 cm³/mol. The summed E-state index contributed by atoms with van der Waals surface area (Å²) in [7, 11) is 3.58. The summed E-state index contributed by atoms with van der Waals surface area (Å²) in [5.41, 5.74) is 2.42. The van der Waals surface area contributed by atoms with Crippen LogP contribution in [-0.4, -0.2) is 44.0 Å². The van der Waals surface area contributed by atoms with Crippen molar-refractivity contribution >= 4 is 35.8 Å². The van der Waals surface area contributed by atoms with Crippen molar-refractivity contribution < 1.29 is 4.79 Å². The highest BCUT2D eigenvalue weighted by Crippen LogP contribution is 2.12. The van der Waals surface area contributed by atoms with Gasteiger partial charge in [-0.05, 0) is 17.0 Å². The molecule has 5 nitrogen and oxygen atoms in total. The van der Waals surface area contributed by atoms with Crippen molar-refractivity contribution in [3.8, 4) is 0 Å². The third-order valence-corrected chi connectivity index (χ3v) is 4.49.